The summed E-state index contributed by atoms with van der Waals surface area (Å²) in [6.07, 6.45) is 0. The summed E-state index contributed by atoms with van der Waals surface area (Å²) in [4.78, 5) is 12.9. The topological polar surface area (TPSA) is 35.5 Å². The molecular formula is C28H32O3. The maximum Gasteiger partial charge on any atom is 0.343 e. The minimum atomic E-state index is -0.352. The van der Waals surface area contributed by atoms with Crippen LogP contribution in [0, 0.1) is 0 Å². The van der Waals surface area contributed by atoms with Gasteiger partial charge >= 0.3 is 5.97 Å². The second-order valence-electron chi connectivity index (χ2n) is 9.93. The summed E-state index contributed by atoms with van der Waals surface area (Å²) >= 11 is 0. The van der Waals surface area contributed by atoms with Gasteiger partial charge in [0, 0.05) is 0 Å². The van der Waals surface area contributed by atoms with Gasteiger partial charge in [0.25, 0.3) is 0 Å². The summed E-state index contributed by atoms with van der Waals surface area (Å²) < 4.78 is 11.5. The molecule has 3 nitrogen and oxygen atoms in total. The average Bonchev–Trinajstić information content (AvgIpc) is 2.72. The smallest absolute Gasteiger partial charge is 0.343 e. The van der Waals surface area contributed by atoms with E-state index in [2.05, 4.69) is 47.6 Å². The molecule has 0 saturated carbocycles. The Morgan fingerprint density at radius 3 is 1.74 bits per heavy atom. The van der Waals surface area contributed by atoms with Crippen LogP contribution < -0.4 is 9.47 Å². The van der Waals surface area contributed by atoms with Crippen molar-refractivity contribution >= 4 is 5.97 Å². The lowest BCUT2D eigenvalue weighted by molar-refractivity contribution is 0.0734. The zero-order valence-corrected chi connectivity index (χ0v) is 19.4. The van der Waals surface area contributed by atoms with E-state index < -0.39 is 0 Å². The van der Waals surface area contributed by atoms with Crippen molar-refractivity contribution in [1.29, 1.82) is 0 Å². The first-order valence-electron chi connectivity index (χ1n) is 10.7. The largest absolute Gasteiger partial charge is 0.489 e. The molecule has 0 aliphatic carbocycles. The van der Waals surface area contributed by atoms with Crippen LogP contribution in [0.2, 0.25) is 0 Å². The third-order valence-corrected chi connectivity index (χ3v) is 5.18. The molecule has 0 spiro atoms. The van der Waals surface area contributed by atoms with Gasteiger partial charge in [-0.3, -0.25) is 0 Å². The number of hydrogen-bond acceptors (Lipinski definition) is 3. The summed E-state index contributed by atoms with van der Waals surface area (Å²) in [7, 11) is 0. The van der Waals surface area contributed by atoms with E-state index in [0.717, 1.165) is 22.4 Å². The van der Waals surface area contributed by atoms with Crippen molar-refractivity contribution in [1.82, 2.24) is 0 Å². The predicted octanol–water partition coefficient (Wildman–Crippen LogP) is 7.08. The molecule has 0 radical (unpaired) electrons. The molecule has 3 heteroatoms. The van der Waals surface area contributed by atoms with E-state index >= 15 is 0 Å². The number of ether oxygens (including phenoxy) is 2. The number of hydrogen-bond donors (Lipinski definition) is 0. The number of benzene rings is 3. The zero-order chi connectivity index (χ0) is 22.6. The molecule has 0 N–H and O–H groups in total. The SMILES string of the molecule is CC(C)(C)c1cc(C(=O)Oc2ccc(OCc3ccccc3)cc2)cc(C(C)(C)C)c1. The summed E-state index contributed by atoms with van der Waals surface area (Å²) in [5.74, 6) is 0.874. The van der Waals surface area contributed by atoms with Crippen molar-refractivity contribution < 1.29 is 14.3 Å². The first kappa shape index (κ1) is 22.6. The van der Waals surface area contributed by atoms with Crippen molar-refractivity contribution in [2.45, 2.75) is 59.0 Å². The van der Waals surface area contributed by atoms with Gasteiger partial charge in [-0.1, -0.05) is 77.9 Å². The van der Waals surface area contributed by atoms with Gasteiger partial charge in [-0.2, -0.15) is 0 Å². The van der Waals surface area contributed by atoms with E-state index in [1.807, 2.05) is 54.6 Å². The van der Waals surface area contributed by atoms with Crippen molar-refractivity contribution in [2.75, 3.05) is 0 Å². The van der Waals surface area contributed by atoms with E-state index in [1.54, 1.807) is 12.1 Å². The highest BCUT2D eigenvalue weighted by Crippen LogP contribution is 2.31. The molecule has 0 saturated heterocycles. The fraction of sp³-hybridized carbons (Fsp3) is 0.321. The van der Waals surface area contributed by atoms with Crippen LogP contribution in [0.25, 0.3) is 0 Å². The fourth-order valence-electron chi connectivity index (χ4n) is 3.12. The number of carbonyl (C=O) groups excluding carboxylic acids is 1. The summed E-state index contributed by atoms with van der Waals surface area (Å²) in [6, 6.07) is 23.2. The van der Waals surface area contributed by atoms with Crippen LogP contribution in [0.5, 0.6) is 11.5 Å². The van der Waals surface area contributed by atoms with Gasteiger partial charge in [0.1, 0.15) is 18.1 Å². The molecular weight excluding hydrogens is 384 g/mol. The highest BCUT2D eigenvalue weighted by Gasteiger charge is 2.23. The van der Waals surface area contributed by atoms with Crippen LogP contribution >= 0.6 is 0 Å². The van der Waals surface area contributed by atoms with Crippen LogP contribution in [0.3, 0.4) is 0 Å². The van der Waals surface area contributed by atoms with E-state index in [9.17, 15) is 4.79 Å². The Hall–Kier alpha value is -3.07. The standard InChI is InChI=1S/C28H32O3/c1-27(2,3)22-16-21(17-23(18-22)28(4,5)6)26(29)31-25-14-12-24(13-15-25)30-19-20-10-8-7-9-11-20/h7-18H,19H2,1-6H3. The van der Waals surface area contributed by atoms with Crippen molar-refractivity contribution in [3.63, 3.8) is 0 Å². The Kier molecular flexibility index (Phi) is 6.54. The van der Waals surface area contributed by atoms with Gasteiger partial charge in [0.05, 0.1) is 5.56 Å². The molecule has 3 aromatic carbocycles. The van der Waals surface area contributed by atoms with Gasteiger partial charge in [-0.25, -0.2) is 4.79 Å². The summed E-state index contributed by atoms with van der Waals surface area (Å²) in [6.45, 7) is 13.4. The molecule has 31 heavy (non-hydrogen) atoms. The molecule has 0 amide bonds. The average molecular weight is 417 g/mol. The quantitative estimate of drug-likeness (QED) is 0.329. The lowest BCUT2D eigenvalue weighted by Crippen LogP contribution is -2.19. The predicted molar refractivity (Wildman–Crippen MR) is 126 cm³/mol. The lowest BCUT2D eigenvalue weighted by Gasteiger charge is -2.25. The Balaban J connectivity index is 1.73. The van der Waals surface area contributed by atoms with Crippen molar-refractivity contribution in [3.05, 3.63) is 95.1 Å². The van der Waals surface area contributed by atoms with E-state index in [0.29, 0.717) is 17.9 Å². The van der Waals surface area contributed by atoms with Gasteiger partial charge in [-0.15, -0.1) is 0 Å². The van der Waals surface area contributed by atoms with E-state index in [1.165, 1.54) is 0 Å². The van der Waals surface area contributed by atoms with Crippen molar-refractivity contribution in [3.8, 4) is 11.5 Å². The summed E-state index contributed by atoms with van der Waals surface area (Å²) in [5, 5.41) is 0. The molecule has 0 heterocycles. The third-order valence-electron chi connectivity index (χ3n) is 5.18. The van der Waals surface area contributed by atoms with Crippen LogP contribution in [-0.2, 0) is 17.4 Å². The number of esters is 1. The molecule has 0 aliphatic heterocycles. The highest BCUT2D eigenvalue weighted by molar-refractivity contribution is 5.91. The number of rotatable bonds is 5. The monoisotopic (exact) mass is 416 g/mol. The summed E-state index contributed by atoms with van der Waals surface area (Å²) in [5.41, 5.74) is 3.79. The minimum absolute atomic E-state index is 0.0615. The molecule has 0 unspecified atom stereocenters. The molecule has 0 aromatic heterocycles. The Morgan fingerprint density at radius 1 is 0.710 bits per heavy atom. The molecule has 3 rings (SSSR count). The second-order valence-corrected chi connectivity index (χ2v) is 9.93. The highest BCUT2D eigenvalue weighted by atomic mass is 16.5. The maximum atomic E-state index is 12.9. The lowest BCUT2D eigenvalue weighted by atomic mass is 9.79. The molecule has 0 aliphatic rings. The normalized spacial score (nSPS) is 11.8. The Bertz CT molecular complexity index is 988. The zero-order valence-electron chi connectivity index (χ0n) is 19.4. The van der Waals surface area contributed by atoms with Gasteiger partial charge < -0.3 is 9.47 Å². The second kappa shape index (κ2) is 8.97. The van der Waals surface area contributed by atoms with E-state index in [4.69, 9.17) is 9.47 Å². The maximum absolute atomic E-state index is 12.9. The minimum Gasteiger partial charge on any atom is -0.489 e. The van der Waals surface area contributed by atoms with Crippen LogP contribution in [0.1, 0.15) is 68.6 Å². The Morgan fingerprint density at radius 2 is 1.23 bits per heavy atom. The van der Waals surface area contributed by atoms with Crippen LogP contribution in [0.15, 0.2) is 72.8 Å². The molecule has 162 valence electrons. The molecule has 3 aromatic rings. The fourth-order valence-corrected chi connectivity index (χ4v) is 3.12. The molecule has 0 atom stereocenters. The molecule has 0 bridgehead atoms. The van der Waals surface area contributed by atoms with Gasteiger partial charge in [-0.05, 0) is 63.9 Å². The number of carbonyl (C=O) groups is 1. The first-order chi connectivity index (χ1) is 14.5. The van der Waals surface area contributed by atoms with Crippen molar-refractivity contribution in [2.24, 2.45) is 0 Å². The molecule has 0 fully saturated rings. The van der Waals surface area contributed by atoms with Crippen LogP contribution in [0.4, 0.5) is 0 Å². The van der Waals surface area contributed by atoms with Gasteiger partial charge in [0.2, 0.25) is 0 Å². The van der Waals surface area contributed by atoms with E-state index in [-0.39, 0.29) is 16.8 Å². The first-order valence-corrected chi connectivity index (χ1v) is 10.7. The third kappa shape index (κ3) is 6.21. The van der Waals surface area contributed by atoms with Crippen LogP contribution in [-0.4, -0.2) is 5.97 Å². The van der Waals surface area contributed by atoms with Gasteiger partial charge in [0.15, 0.2) is 0 Å². The Labute approximate surface area is 186 Å².